The summed E-state index contributed by atoms with van der Waals surface area (Å²) in [6.45, 7) is 4.02. The first-order valence-corrected chi connectivity index (χ1v) is 11.5. The third-order valence-corrected chi connectivity index (χ3v) is 6.68. The summed E-state index contributed by atoms with van der Waals surface area (Å²) in [6, 6.07) is 6.95. The van der Waals surface area contributed by atoms with E-state index in [9.17, 15) is 14.9 Å². The predicted octanol–water partition coefficient (Wildman–Crippen LogP) is 3.99. The Balaban J connectivity index is 1.33. The van der Waals surface area contributed by atoms with Crippen LogP contribution < -0.4 is 10.2 Å². The number of aromatic nitrogens is 4. The zero-order valence-electron chi connectivity index (χ0n) is 17.9. The summed E-state index contributed by atoms with van der Waals surface area (Å²) in [7, 11) is 0. The standard InChI is InChI=1S/C21H21N7O4S/c1-13-9-18(28(30)31)23-27(13)11-14-10-17(33-12-14)21(29)22-15-5-6-16(20-19(15)24-32-25-20)26-7-3-2-4-8-26/h5-6,9-10,12H,2-4,7-8,11H2,1H3,(H,22,29). The van der Waals surface area contributed by atoms with Crippen LogP contribution in [-0.4, -0.2) is 44.0 Å². The Morgan fingerprint density at radius 1 is 1.21 bits per heavy atom. The molecule has 4 aromatic rings. The highest BCUT2D eigenvalue weighted by Gasteiger charge is 2.21. The van der Waals surface area contributed by atoms with E-state index in [1.807, 2.05) is 17.5 Å². The fourth-order valence-corrected chi connectivity index (χ4v) is 4.82. The molecule has 3 aromatic heterocycles. The van der Waals surface area contributed by atoms with Gasteiger partial charge in [0.2, 0.25) is 0 Å². The van der Waals surface area contributed by atoms with Crippen LogP contribution in [0.5, 0.6) is 0 Å². The number of carbonyl (C=O) groups excluding carboxylic acids is 1. The lowest BCUT2D eigenvalue weighted by molar-refractivity contribution is -0.389. The number of aryl methyl sites for hydroxylation is 1. The van der Waals surface area contributed by atoms with Gasteiger partial charge in [-0.25, -0.2) is 4.63 Å². The fraction of sp³-hybridized carbons (Fsp3) is 0.333. The van der Waals surface area contributed by atoms with Gasteiger partial charge in [-0.3, -0.25) is 4.79 Å². The van der Waals surface area contributed by atoms with Gasteiger partial charge < -0.3 is 20.3 Å². The molecule has 12 heteroatoms. The maximum absolute atomic E-state index is 12.9. The van der Waals surface area contributed by atoms with Crippen LogP contribution in [0, 0.1) is 17.0 Å². The van der Waals surface area contributed by atoms with Gasteiger partial charge in [-0.1, -0.05) is 0 Å². The lowest BCUT2D eigenvalue weighted by Crippen LogP contribution is -2.29. The van der Waals surface area contributed by atoms with Crippen molar-refractivity contribution in [1.82, 2.24) is 20.1 Å². The number of anilines is 2. The van der Waals surface area contributed by atoms with Gasteiger partial charge in [0, 0.05) is 13.1 Å². The van der Waals surface area contributed by atoms with Crippen molar-refractivity contribution in [3.05, 3.63) is 55.9 Å². The highest BCUT2D eigenvalue weighted by molar-refractivity contribution is 7.12. The van der Waals surface area contributed by atoms with Crippen molar-refractivity contribution in [1.29, 1.82) is 0 Å². The number of carbonyl (C=O) groups is 1. The van der Waals surface area contributed by atoms with E-state index in [2.05, 4.69) is 25.6 Å². The number of nitro groups is 1. The molecule has 1 saturated heterocycles. The molecule has 1 aliphatic heterocycles. The Labute approximate surface area is 192 Å². The average molecular weight is 468 g/mol. The van der Waals surface area contributed by atoms with Crippen LogP contribution in [0.1, 0.15) is 40.2 Å². The second-order valence-electron chi connectivity index (χ2n) is 7.97. The summed E-state index contributed by atoms with van der Waals surface area (Å²) < 4.78 is 6.54. The van der Waals surface area contributed by atoms with Gasteiger partial charge in [0.1, 0.15) is 0 Å². The van der Waals surface area contributed by atoms with Crippen molar-refractivity contribution >= 4 is 45.5 Å². The Morgan fingerprint density at radius 2 is 2.00 bits per heavy atom. The quantitative estimate of drug-likeness (QED) is 0.332. The number of nitrogens with zero attached hydrogens (tertiary/aromatic N) is 6. The minimum absolute atomic E-state index is 0.195. The lowest BCUT2D eigenvalue weighted by Gasteiger charge is -2.28. The van der Waals surface area contributed by atoms with Crippen LogP contribution in [0.3, 0.4) is 0 Å². The number of rotatable bonds is 6. The maximum Gasteiger partial charge on any atom is 0.390 e. The molecule has 1 fully saturated rings. The number of benzene rings is 1. The van der Waals surface area contributed by atoms with Gasteiger partial charge in [-0.2, -0.15) is 4.68 Å². The maximum atomic E-state index is 12.9. The molecule has 1 aliphatic rings. The van der Waals surface area contributed by atoms with Crippen LogP contribution in [-0.2, 0) is 6.54 Å². The third kappa shape index (κ3) is 4.16. The van der Waals surface area contributed by atoms with Crippen LogP contribution >= 0.6 is 11.3 Å². The van der Waals surface area contributed by atoms with Crippen molar-refractivity contribution < 1.29 is 14.3 Å². The Bertz CT molecular complexity index is 1340. The second kappa shape index (κ2) is 8.62. The van der Waals surface area contributed by atoms with E-state index in [0.29, 0.717) is 33.8 Å². The molecular weight excluding hydrogens is 446 g/mol. The summed E-state index contributed by atoms with van der Waals surface area (Å²) in [6.07, 6.45) is 3.50. The monoisotopic (exact) mass is 467 g/mol. The molecule has 5 rings (SSSR count). The van der Waals surface area contributed by atoms with E-state index >= 15 is 0 Å². The lowest BCUT2D eigenvalue weighted by atomic mass is 10.1. The topological polar surface area (TPSA) is 132 Å². The van der Waals surface area contributed by atoms with Crippen molar-refractivity contribution in [2.75, 3.05) is 23.3 Å². The van der Waals surface area contributed by atoms with Crippen molar-refractivity contribution in [2.45, 2.75) is 32.7 Å². The predicted molar refractivity (Wildman–Crippen MR) is 123 cm³/mol. The molecule has 0 aliphatic carbocycles. The van der Waals surface area contributed by atoms with E-state index < -0.39 is 4.92 Å². The number of piperidine rings is 1. The van der Waals surface area contributed by atoms with Gasteiger partial charge in [-0.05, 0) is 70.6 Å². The van der Waals surface area contributed by atoms with Gasteiger partial charge in [0.05, 0.1) is 39.7 Å². The summed E-state index contributed by atoms with van der Waals surface area (Å²) in [5, 5.41) is 27.8. The molecule has 0 atom stereocenters. The van der Waals surface area contributed by atoms with E-state index in [0.717, 1.165) is 37.2 Å². The summed E-state index contributed by atoms with van der Waals surface area (Å²) in [4.78, 5) is 26.1. The number of thiophene rings is 1. The van der Waals surface area contributed by atoms with Crippen LogP contribution in [0.15, 0.2) is 34.3 Å². The normalized spacial score (nSPS) is 14.0. The van der Waals surface area contributed by atoms with E-state index in [4.69, 9.17) is 4.63 Å². The fourth-order valence-electron chi connectivity index (χ4n) is 4.02. The number of fused-ring (bicyclic) bond motifs is 1. The van der Waals surface area contributed by atoms with Crippen LogP contribution in [0.2, 0.25) is 0 Å². The summed E-state index contributed by atoms with van der Waals surface area (Å²) in [5.41, 5.74) is 4.16. The molecule has 0 spiro atoms. The van der Waals surface area contributed by atoms with Crippen LogP contribution in [0.25, 0.3) is 11.0 Å². The van der Waals surface area contributed by atoms with Gasteiger partial charge in [-0.15, -0.1) is 11.3 Å². The Hall–Kier alpha value is -3.80. The molecular formula is C21H21N7O4S. The molecule has 1 N–H and O–H groups in total. The number of amides is 1. The highest BCUT2D eigenvalue weighted by Crippen LogP contribution is 2.32. The third-order valence-electron chi connectivity index (χ3n) is 5.70. The average Bonchev–Trinajstić information content (AvgIpc) is 3.55. The van der Waals surface area contributed by atoms with Crippen molar-refractivity contribution in [2.24, 2.45) is 0 Å². The van der Waals surface area contributed by atoms with Crippen molar-refractivity contribution in [3.63, 3.8) is 0 Å². The van der Waals surface area contributed by atoms with E-state index in [-0.39, 0.29) is 11.7 Å². The molecule has 1 aromatic carbocycles. The number of hydrogen-bond donors (Lipinski definition) is 1. The molecule has 4 heterocycles. The smallest absolute Gasteiger partial charge is 0.370 e. The van der Waals surface area contributed by atoms with Gasteiger partial charge in [0.25, 0.3) is 5.91 Å². The van der Waals surface area contributed by atoms with E-state index in [1.165, 1.54) is 23.8 Å². The second-order valence-corrected chi connectivity index (χ2v) is 8.88. The Morgan fingerprint density at radius 3 is 2.76 bits per heavy atom. The SMILES string of the molecule is Cc1cc([N+](=O)[O-])nn1Cc1csc(C(=O)Nc2ccc(N3CCCCC3)c3nonc23)c1. The van der Waals surface area contributed by atoms with Gasteiger partial charge >= 0.3 is 5.82 Å². The molecule has 0 bridgehead atoms. The first-order chi connectivity index (χ1) is 16.0. The minimum atomic E-state index is -0.522. The van der Waals surface area contributed by atoms with Crippen molar-refractivity contribution in [3.8, 4) is 0 Å². The first kappa shape index (κ1) is 21.1. The minimum Gasteiger partial charge on any atom is -0.370 e. The molecule has 0 saturated carbocycles. The number of hydrogen-bond acceptors (Lipinski definition) is 9. The molecule has 1 amide bonds. The molecule has 170 valence electrons. The summed E-state index contributed by atoms with van der Waals surface area (Å²) >= 11 is 1.29. The highest BCUT2D eigenvalue weighted by atomic mass is 32.1. The largest absolute Gasteiger partial charge is 0.390 e. The zero-order chi connectivity index (χ0) is 22.9. The first-order valence-electron chi connectivity index (χ1n) is 10.6. The summed E-state index contributed by atoms with van der Waals surface area (Å²) in [5.74, 6) is -0.469. The number of nitrogens with one attached hydrogen (secondary N) is 1. The molecule has 11 nitrogen and oxygen atoms in total. The van der Waals surface area contributed by atoms with E-state index in [1.54, 1.807) is 17.7 Å². The van der Waals surface area contributed by atoms with Crippen LogP contribution in [0.4, 0.5) is 17.2 Å². The zero-order valence-corrected chi connectivity index (χ0v) is 18.7. The molecule has 0 unspecified atom stereocenters. The Kier molecular flexibility index (Phi) is 5.50. The molecule has 0 radical (unpaired) electrons. The van der Waals surface area contributed by atoms with Gasteiger partial charge in [0.15, 0.2) is 11.0 Å². The molecule has 33 heavy (non-hydrogen) atoms.